The third-order valence-corrected chi connectivity index (χ3v) is 7.55. The molecule has 0 aliphatic carbocycles. The van der Waals surface area contributed by atoms with Crippen LogP contribution in [-0.2, 0) is 30.3 Å². The second-order valence-corrected chi connectivity index (χ2v) is 10.9. The normalized spacial score (nSPS) is 13.3. The Morgan fingerprint density at radius 2 is 1.50 bits per heavy atom. The average molecular weight is 617 g/mol. The largest absolute Gasteiger partial charge is 0.494 e. The van der Waals surface area contributed by atoms with E-state index in [4.69, 9.17) is 23.7 Å². The molecule has 0 N–H and O–H groups in total. The second-order valence-electron chi connectivity index (χ2n) is 10.9. The number of amides is 1. The van der Waals surface area contributed by atoms with Gasteiger partial charge in [0.1, 0.15) is 17.9 Å². The molecule has 3 rings (SSSR count). The second kappa shape index (κ2) is 20.8. The maximum absolute atomic E-state index is 14.6. The molecule has 1 aliphatic rings. The van der Waals surface area contributed by atoms with Crippen LogP contribution in [0.25, 0.3) is 0 Å². The van der Waals surface area contributed by atoms with Crippen molar-refractivity contribution in [1.82, 2.24) is 4.90 Å². The maximum Gasteiger partial charge on any atom is 0.222 e. The topological polar surface area (TPSA) is 86.8 Å². The fraction of sp³-hybridized carbons (Fsp3) is 0.588. The molecule has 1 amide bonds. The lowest BCUT2D eigenvalue weighted by Crippen LogP contribution is -2.49. The van der Waals surface area contributed by atoms with Crippen molar-refractivity contribution in [3.8, 4) is 5.75 Å². The van der Waals surface area contributed by atoms with Crippen LogP contribution in [0.5, 0.6) is 5.75 Å². The number of aldehydes is 1. The molecule has 1 aliphatic heterocycles. The van der Waals surface area contributed by atoms with E-state index in [9.17, 15) is 14.0 Å². The number of halogens is 1. The Balaban J connectivity index is 1.10. The first-order chi connectivity index (χ1) is 21.5. The number of benzene rings is 2. The van der Waals surface area contributed by atoms with Crippen molar-refractivity contribution in [1.29, 1.82) is 0 Å². The lowest BCUT2D eigenvalue weighted by molar-refractivity contribution is -0.131. The number of hydrogen-bond acceptors (Lipinski definition) is 8. The molecule has 0 saturated carbocycles. The predicted octanol–water partition coefficient (Wildman–Crippen LogP) is 5.21. The van der Waals surface area contributed by atoms with Crippen molar-refractivity contribution in [2.75, 3.05) is 84.4 Å². The van der Waals surface area contributed by atoms with Gasteiger partial charge in [-0.05, 0) is 68.0 Å². The quantitative estimate of drug-likeness (QED) is 0.132. The van der Waals surface area contributed by atoms with Crippen molar-refractivity contribution in [2.45, 2.75) is 52.1 Å². The lowest BCUT2D eigenvalue weighted by Gasteiger charge is -2.36. The summed E-state index contributed by atoms with van der Waals surface area (Å²) in [6, 6.07) is 10.6. The van der Waals surface area contributed by atoms with Crippen LogP contribution in [0.4, 0.5) is 10.1 Å². The Morgan fingerprint density at radius 3 is 2.18 bits per heavy atom. The van der Waals surface area contributed by atoms with Crippen LogP contribution in [-0.4, -0.2) is 96.6 Å². The van der Waals surface area contributed by atoms with Gasteiger partial charge in [-0.1, -0.05) is 18.6 Å². The van der Waals surface area contributed by atoms with Gasteiger partial charge in [-0.15, -0.1) is 0 Å². The SMILES string of the molecule is COCc1cc(N2CCN(C(=O)CCCOCCOCCOCCCCCCOc3cccc(C=O)c3)CC2)c(F)cc1C. The molecule has 0 bridgehead atoms. The van der Waals surface area contributed by atoms with Crippen molar-refractivity contribution in [3.05, 3.63) is 58.9 Å². The van der Waals surface area contributed by atoms with Crippen molar-refractivity contribution >= 4 is 17.9 Å². The summed E-state index contributed by atoms with van der Waals surface area (Å²) in [5, 5.41) is 0. The molecular weight excluding hydrogens is 567 g/mol. The summed E-state index contributed by atoms with van der Waals surface area (Å²) in [6.45, 7) is 8.63. The Kier molecular flexibility index (Phi) is 16.8. The highest BCUT2D eigenvalue weighted by molar-refractivity contribution is 5.76. The predicted molar refractivity (Wildman–Crippen MR) is 168 cm³/mol. The molecule has 0 unspecified atom stereocenters. The summed E-state index contributed by atoms with van der Waals surface area (Å²) in [5.74, 6) is 0.609. The summed E-state index contributed by atoms with van der Waals surface area (Å²) < 4.78 is 42.3. The molecule has 0 spiro atoms. The first-order valence-electron chi connectivity index (χ1n) is 15.7. The molecule has 2 aromatic rings. The Bertz CT molecular complexity index is 1120. The fourth-order valence-corrected chi connectivity index (χ4v) is 5.01. The average Bonchev–Trinajstić information content (AvgIpc) is 3.04. The highest BCUT2D eigenvalue weighted by Gasteiger charge is 2.23. The number of rotatable bonds is 22. The number of piperazine rings is 1. The first kappa shape index (κ1) is 35.4. The Morgan fingerprint density at radius 1 is 0.841 bits per heavy atom. The van der Waals surface area contributed by atoms with Gasteiger partial charge < -0.3 is 33.5 Å². The molecule has 0 aromatic heterocycles. The van der Waals surface area contributed by atoms with Gasteiger partial charge in [-0.3, -0.25) is 9.59 Å². The highest BCUT2D eigenvalue weighted by atomic mass is 19.1. The number of carbonyl (C=O) groups is 2. The van der Waals surface area contributed by atoms with Crippen LogP contribution < -0.4 is 9.64 Å². The number of carbonyl (C=O) groups excluding carboxylic acids is 2. The monoisotopic (exact) mass is 616 g/mol. The van der Waals surface area contributed by atoms with Gasteiger partial charge in [0.2, 0.25) is 5.91 Å². The maximum atomic E-state index is 14.6. The minimum absolute atomic E-state index is 0.112. The number of methoxy groups -OCH3 is 1. The van der Waals surface area contributed by atoms with E-state index in [-0.39, 0.29) is 11.7 Å². The number of ether oxygens (including phenoxy) is 5. The summed E-state index contributed by atoms with van der Waals surface area (Å²) in [4.78, 5) is 27.3. The summed E-state index contributed by atoms with van der Waals surface area (Å²) in [7, 11) is 1.63. The molecule has 44 heavy (non-hydrogen) atoms. The van der Waals surface area contributed by atoms with E-state index >= 15 is 0 Å². The minimum Gasteiger partial charge on any atom is -0.494 e. The van der Waals surface area contributed by atoms with Gasteiger partial charge >= 0.3 is 0 Å². The first-order valence-corrected chi connectivity index (χ1v) is 15.7. The van der Waals surface area contributed by atoms with Crippen LogP contribution in [0, 0.1) is 12.7 Å². The van der Waals surface area contributed by atoms with Gasteiger partial charge in [-0.25, -0.2) is 4.39 Å². The molecule has 2 aromatic carbocycles. The smallest absolute Gasteiger partial charge is 0.222 e. The molecular formula is C34H49FN2O7. The third kappa shape index (κ3) is 12.9. The van der Waals surface area contributed by atoms with E-state index in [0.29, 0.717) is 103 Å². The van der Waals surface area contributed by atoms with Crippen molar-refractivity contribution < 1.29 is 37.7 Å². The molecule has 1 heterocycles. The number of unbranched alkanes of at least 4 members (excludes halogenated alkanes) is 3. The standard InChI is InChI=1S/C34H49FN2O7/c1-28-23-32(35)33(25-30(28)27-40-2)36-12-14-37(15-13-36)34(39)11-8-17-42-20-22-43-21-19-41-16-5-3-4-6-18-44-31-10-7-9-29(24-31)26-38/h7,9-10,23-26H,3-6,8,11-22,27H2,1-2H3. The molecule has 1 fully saturated rings. The zero-order valence-electron chi connectivity index (χ0n) is 26.4. The summed E-state index contributed by atoms with van der Waals surface area (Å²) >= 11 is 0. The molecule has 10 heteroatoms. The molecule has 1 saturated heterocycles. The van der Waals surface area contributed by atoms with E-state index < -0.39 is 0 Å². The lowest BCUT2D eigenvalue weighted by atomic mass is 10.1. The number of nitrogens with zero attached hydrogens (tertiary/aromatic N) is 2. The molecule has 9 nitrogen and oxygen atoms in total. The van der Waals surface area contributed by atoms with Gasteiger partial charge in [-0.2, -0.15) is 0 Å². The summed E-state index contributed by atoms with van der Waals surface area (Å²) in [5.41, 5.74) is 3.05. The van der Waals surface area contributed by atoms with Crippen molar-refractivity contribution in [2.24, 2.45) is 0 Å². The molecule has 0 atom stereocenters. The van der Waals surface area contributed by atoms with Gasteiger partial charge in [0.15, 0.2) is 0 Å². The van der Waals surface area contributed by atoms with E-state index in [1.165, 1.54) is 0 Å². The summed E-state index contributed by atoms with van der Waals surface area (Å²) in [6.07, 6.45) is 6.03. The van der Waals surface area contributed by atoms with Gasteiger partial charge in [0, 0.05) is 58.5 Å². The van der Waals surface area contributed by atoms with E-state index in [0.717, 1.165) is 48.8 Å². The molecule has 244 valence electrons. The van der Waals surface area contributed by atoms with Gasteiger partial charge in [0.25, 0.3) is 0 Å². The van der Waals surface area contributed by atoms with E-state index in [2.05, 4.69) is 0 Å². The van der Waals surface area contributed by atoms with Gasteiger partial charge in [0.05, 0.1) is 45.3 Å². The van der Waals surface area contributed by atoms with Crippen LogP contribution in [0.1, 0.15) is 60.0 Å². The third-order valence-electron chi connectivity index (χ3n) is 7.55. The number of anilines is 1. The van der Waals surface area contributed by atoms with E-state index in [1.807, 2.05) is 34.9 Å². The van der Waals surface area contributed by atoms with Crippen LogP contribution >= 0.6 is 0 Å². The number of aryl methyl sites for hydroxylation is 1. The highest BCUT2D eigenvalue weighted by Crippen LogP contribution is 2.25. The number of hydrogen-bond donors (Lipinski definition) is 0. The van der Waals surface area contributed by atoms with E-state index in [1.54, 1.807) is 25.3 Å². The van der Waals surface area contributed by atoms with Crippen LogP contribution in [0.2, 0.25) is 0 Å². The Hall–Kier alpha value is -3.05. The van der Waals surface area contributed by atoms with Crippen LogP contribution in [0.15, 0.2) is 36.4 Å². The Labute approximate surface area is 261 Å². The minimum atomic E-state index is -0.235. The fourth-order valence-electron chi connectivity index (χ4n) is 5.01. The zero-order valence-corrected chi connectivity index (χ0v) is 26.4. The molecule has 0 radical (unpaired) electrons. The zero-order chi connectivity index (χ0) is 31.4. The van der Waals surface area contributed by atoms with Crippen molar-refractivity contribution in [3.63, 3.8) is 0 Å². The van der Waals surface area contributed by atoms with Crippen LogP contribution in [0.3, 0.4) is 0 Å².